The van der Waals surface area contributed by atoms with Gasteiger partial charge in [0.15, 0.2) is 5.76 Å². The van der Waals surface area contributed by atoms with Crippen LogP contribution in [0.1, 0.15) is 29.8 Å². The fourth-order valence-corrected chi connectivity index (χ4v) is 2.97. The first-order chi connectivity index (χ1) is 9.30. The molecule has 0 bridgehead atoms. The molecule has 0 aromatic carbocycles. The SMILES string of the molecule is O=C(NCC1(N2CCOCC2)CCC1)c1ccco1. The molecule has 0 atom stereocenters. The van der Waals surface area contributed by atoms with E-state index in [2.05, 4.69) is 10.2 Å². The minimum Gasteiger partial charge on any atom is -0.459 e. The molecule has 1 aliphatic carbocycles. The highest BCUT2D eigenvalue weighted by Gasteiger charge is 2.43. The highest BCUT2D eigenvalue weighted by atomic mass is 16.5. The molecule has 1 aromatic heterocycles. The molecule has 2 fully saturated rings. The van der Waals surface area contributed by atoms with Crippen LogP contribution in [0.5, 0.6) is 0 Å². The molecule has 0 spiro atoms. The Kier molecular flexibility index (Phi) is 3.57. The molecule has 0 unspecified atom stereocenters. The number of nitrogens with zero attached hydrogens (tertiary/aromatic N) is 1. The average Bonchev–Trinajstić information content (AvgIpc) is 2.92. The summed E-state index contributed by atoms with van der Waals surface area (Å²) in [6.07, 6.45) is 5.08. The molecule has 104 valence electrons. The van der Waals surface area contributed by atoms with Crippen molar-refractivity contribution in [2.75, 3.05) is 32.8 Å². The molecule has 2 aliphatic rings. The fourth-order valence-electron chi connectivity index (χ4n) is 2.97. The van der Waals surface area contributed by atoms with Gasteiger partial charge >= 0.3 is 0 Å². The van der Waals surface area contributed by atoms with E-state index in [0.717, 1.165) is 39.1 Å². The van der Waals surface area contributed by atoms with E-state index >= 15 is 0 Å². The van der Waals surface area contributed by atoms with Crippen molar-refractivity contribution >= 4 is 5.91 Å². The lowest BCUT2D eigenvalue weighted by Gasteiger charge is -2.51. The second-order valence-electron chi connectivity index (χ2n) is 5.34. The molecule has 1 saturated carbocycles. The Labute approximate surface area is 112 Å². The second-order valence-corrected chi connectivity index (χ2v) is 5.34. The van der Waals surface area contributed by atoms with Crippen molar-refractivity contribution in [3.63, 3.8) is 0 Å². The van der Waals surface area contributed by atoms with Gasteiger partial charge in [0.2, 0.25) is 0 Å². The Bertz CT molecular complexity index is 420. The molecule has 1 N–H and O–H groups in total. The van der Waals surface area contributed by atoms with E-state index in [9.17, 15) is 4.79 Å². The lowest BCUT2D eigenvalue weighted by Crippen LogP contribution is -2.62. The van der Waals surface area contributed by atoms with Gasteiger partial charge in [-0.2, -0.15) is 0 Å². The zero-order valence-electron chi connectivity index (χ0n) is 11.1. The van der Waals surface area contributed by atoms with E-state index in [1.54, 1.807) is 12.1 Å². The molecule has 1 amide bonds. The number of amides is 1. The lowest BCUT2D eigenvalue weighted by atomic mass is 9.75. The van der Waals surface area contributed by atoms with Crippen LogP contribution in [-0.4, -0.2) is 49.2 Å². The molecule has 19 heavy (non-hydrogen) atoms. The number of furan rings is 1. The van der Waals surface area contributed by atoms with Crippen molar-refractivity contribution in [2.24, 2.45) is 0 Å². The predicted octanol–water partition coefficient (Wildman–Crippen LogP) is 1.26. The van der Waals surface area contributed by atoms with E-state index in [1.807, 2.05) is 0 Å². The minimum absolute atomic E-state index is 0.121. The van der Waals surface area contributed by atoms with Crippen molar-refractivity contribution in [3.05, 3.63) is 24.2 Å². The molecule has 1 aliphatic heterocycles. The number of nitrogens with one attached hydrogen (secondary N) is 1. The van der Waals surface area contributed by atoms with E-state index in [-0.39, 0.29) is 11.4 Å². The quantitative estimate of drug-likeness (QED) is 0.889. The van der Waals surface area contributed by atoms with Gasteiger partial charge in [0.05, 0.1) is 19.5 Å². The number of morpholine rings is 1. The van der Waals surface area contributed by atoms with Gasteiger partial charge < -0.3 is 14.5 Å². The summed E-state index contributed by atoms with van der Waals surface area (Å²) in [7, 11) is 0. The van der Waals surface area contributed by atoms with Gasteiger partial charge in [-0.25, -0.2) is 0 Å². The highest BCUT2D eigenvalue weighted by Crippen LogP contribution is 2.37. The lowest BCUT2D eigenvalue weighted by molar-refractivity contribution is -0.0540. The number of carbonyl (C=O) groups is 1. The Morgan fingerprint density at radius 3 is 2.74 bits per heavy atom. The van der Waals surface area contributed by atoms with E-state index < -0.39 is 0 Å². The van der Waals surface area contributed by atoms with Gasteiger partial charge in [0, 0.05) is 25.2 Å². The van der Waals surface area contributed by atoms with Gasteiger partial charge in [-0.15, -0.1) is 0 Å². The van der Waals surface area contributed by atoms with E-state index in [1.165, 1.54) is 12.7 Å². The van der Waals surface area contributed by atoms with Crippen LogP contribution in [0, 0.1) is 0 Å². The second kappa shape index (κ2) is 5.35. The van der Waals surface area contributed by atoms with Crippen LogP contribution in [0.15, 0.2) is 22.8 Å². The number of hydrogen-bond acceptors (Lipinski definition) is 4. The smallest absolute Gasteiger partial charge is 0.287 e. The summed E-state index contributed by atoms with van der Waals surface area (Å²) >= 11 is 0. The number of ether oxygens (including phenoxy) is 1. The maximum Gasteiger partial charge on any atom is 0.287 e. The molecule has 1 aromatic rings. The maximum absolute atomic E-state index is 11.9. The molecule has 5 heteroatoms. The third kappa shape index (κ3) is 2.53. The van der Waals surface area contributed by atoms with Crippen molar-refractivity contribution in [3.8, 4) is 0 Å². The highest BCUT2D eigenvalue weighted by molar-refractivity contribution is 5.91. The first-order valence-corrected chi connectivity index (χ1v) is 6.95. The third-order valence-electron chi connectivity index (χ3n) is 4.29. The van der Waals surface area contributed by atoms with Crippen LogP contribution in [0.25, 0.3) is 0 Å². The summed E-state index contributed by atoms with van der Waals surface area (Å²) in [4.78, 5) is 14.4. The fraction of sp³-hybridized carbons (Fsp3) is 0.643. The van der Waals surface area contributed by atoms with Gasteiger partial charge in [0.25, 0.3) is 5.91 Å². The Balaban J connectivity index is 1.59. The molecule has 0 radical (unpaired) electrons. The summed E-state index contributed by atoms with van der Waals surface area (Å²) < 4.78 is 10.5. The zero-order chi connectivity index (χ0) is 13.1. The Morgan fingerprint density at radius 1 is 1.37 bits per heavy atom. The summed E-state index contributed by atoms with van der Waals surface area (Å²) in [5.74, 6) is 0.265. The number of rotatable bonds is 4. The average molecular weight is 264 g/mol. The number of hydrogen-bond donors (Lipinski definition) is 1. The summed E-state index contributed by atoms with van der Waals surface area (Å²) in [6, 6.07) is 3.42. The van der Waals surface area contributed by atoms with Gasteiger partial charge in [-0.1, -0.05) is 0 Å². The standard InChI is InChI=1S/C14H20N2O3/c17-13(12-3-1-8-19-12)15-11-14(4-2-5-14)16-6-9-18-10-7-16/h1,3,8H,2,4-7,9-11H2,(H,15,17). The van der Waals surface area contributed by atoms with Crippen LogP contribution >= 0.6 is 0 Å². The van der Waals surface area contributed by atoms with Crippen molar-refractivity contribution in [2.45, 2.75) is 24.8 Å². The van der Waals surface area contributed by atoms with Crippen LogP contribution in [0.2, 0.25) is 0 Å². The molecule has 3 rings (SSSR count). The summed E-state index contributed by atoms with van der Waals surface area (Å²) in [5, 5.41) is 3.01. The summed E-state index contributed by atoms with van der Waals surface area (Å²) in [5.41, 5.74) is 0.145. The Morgan fingerprint density at radius 2 is 2.16 bits per heavy atom. The largest absolute Gasteiger partial charge is 0.459 e. The van der Waals surface area contributed by atoms with Crippen molar-refractivity contribution in [1.82, 2.24) is 10.2 Å². The zero-order valence-corrected chi connectivity index (χ0v) is 11.1. The number of carbonyl (C=O) groups excluding carboxylic acids is 1. The molecule has 5 nitrogen and oxygen atoms in total. The van der Waals surface area contributed by atoms with Crippen LogP contribution in [0.4, 0.5) is 0 Å². The molecular weight excluding hydrogens is 244 g/mol. The minimum atomic E-state index is -0.121. The third-order valence-corrected chi connectivity index (χ3v) is 4.29. The van der Waals surface area contributed by atoms with Gasteiger partial charge in [-0.05, 0) is 31.4 Å². The topological polar surface area (TPSA) is 54.7 Å². The van der Waals surface area contributed by atoms with E-state index in [4.69, 9.17) is 9.15 Å². The summed E-state index contributed by atoms with van der Waals surface area (Å²) in [6.45, 7) is 4.24. The molecular formula is C14H20N2O3. The Hall–Kier alpha value is -1.33. The first kappa shape index (κ1) is 12.7. The molecule has 2 heterocycles. The molecule has 1 saturated heterocycles. The van der Waals surface area contributed by atoms with E-state index in [0.29, 0.717) is 12.3 Å². The van der Waals surface area contributed by atoms with Crippen molar-refractivity contribution < 1.29 is 13.9 Å². The monoisotopic (exact) mass is 264 g/mol. The van der Waals surface area contributed by atoms with Gasteiger partial charge in [0.1, 0.15) is 0 Å². The van der Waals surface area contributed by atoms with Crippen LogP contribution < -0.4 is 5.32 Å². The normalized spacial score (nSPS) is 22.7. The van der Waals surface area contributed by atoms with Gasteiger partial charge in [-0.3, -0.25) is 9.69 Å². The van der Waals surface area contributed by atoms with Crippen molar-refractivity contribution in [1.29, 1.82) is 0 Å². The predicted molar refractivity (Wildman–Crippen MR) is 70.0 cm³/mol. The first-order valence-electron chi connectivity index (χ1n) is 6.95. The maximum atomic E-state index is 11.9. The van der Waals surface area contributed by atoms with Crippen LogP contribution in [-0.2, 0) is 4.74 Å². The van der Waals surface area contributed by atoms with Crippen LogP contribution in [0.3, 0.4) is 0 Å².